The molecule has 2 bridgehead atoms. The second-order valence-corrected chi connectivity index (χ2v) is 8.28. The summed E-state index contributed by atoms with van der Waals surface area (Å²) in [6.07, 6.45) is 5.48. The van der Waals surface area contributed by atoms with Crippen LogP contribution in [0.5, 0.6) is 0 Å². The highest BCUT2D eigenvalue weighted by atomic mass is 32.2. The van der Waals surface area contributed by atoms with Crippen molar-refractivity contribution in [3.05, 3.63) is 0 Å². The summed E-state index contributed by atoms with van der Waals surface area (Å²) in [7, 11) is -0.942. The number of nitrogens with zero attached hydrogens (tertiary/aromatic N) is 2. The molecule has 3 heterocycles. The van der Waals surface area contributed by atoms with Gasteiger partial charge in [0, 0.05) is 31.2 Å². The summed E-state index contributed by atoms with van der Waals surface area (Å²) >= 11 is 0. The maximum absolute atomic E-state index is 12.5. The highest BCUT2D eigenvalue weighted by Gasteiger charge is 2.38. The van der Waals surface area contributed by atoms with E-state index in [0.29, 0.717) is 25.2 Å². The number of likely N-dealkylation sites (N-methyl/N-ethyl adjacent to an activating group) is 1. The van der Waals surface area contributed by atoms with Crippen LogP contribution in [-0.2, 0) is 10.0 Å². The lowest BCUT2D eigenvalue weighted by Crippen LogP contribution is -2.43. The SMILES string of the molecule is CN1C2CCC1CN(S(=O)(=O)CC1CCCN1)CC2. The van der Waals surface area contributed by atoms with E-state index in [1.807, 2.05) is 0 Å². The predicted molar refractivity (Wildman–Crippen MR) is 75.6 cm³/mol. The van der Waals surface area contributed by atoms with Gasteiger partial charge in [-0.1, -0.05) is 0 Å². The van der Waals surface area contributed by atoms with Crippen LogP contribution in [0.1, 0.15) is 32.1 Å². The molecule has 6 heteroatoms. The predicted octanol–water partition coefficient (Wildman–Crippen LogP) is 0.237. The normalized spacial score (nSPS) is 37.6. The van der Waals surface area contributed by atoms with Crippen molar-refractivity contribution in [3.8, 4) is 0 Å². The number of rotatable bonds is 3. The van der Waals surface area contributed by atoms with E-state index >= 15 is 0 Å². The average molecular weight is 287 g/mol. The summed E-state index contributed by atoms with van der Waals surface area (Å²) in [5, 5.41) is 3.29. The summed E-state index contributed by atoms with van der Waals surface area (Å²) in [6.45, 7) is 2.37. The molecule has 0 spiro atoms. The zero-order chi connectivity index (χ0) is 13.5. The molecule has 0 aromatic heterocycles. The molecule has 19 heavy (non-hydrogen) atoms. The first-order chi connectivity index (χ1) is 9.06. The topological polar surface area (TPSA) is 52.7 Å². The molecule has 0 aliphatic carbocycles. The fourth-order valence-electron chi connectivity index (χ4n) is 3.79. The Morgan fingerprint density at radius 2 is 1.95 bits per heavy atom. The van der Waals surface area contributed by atoms with Crippen molar-refractivity contribution in [2.24, 2.45) is 0 Å². The van der Waals surface area contributed by atoms with Gasteiger partial charge in [0.25, 0.3) is 0 Å². The smallest absolute Gasteiger partial charge is 0.215 e. The van der Waals surface area contributed by atoms with E-state index < -0.39 is 10.0 Å². The van der Waals surface area contributed by atoms with Crippen LogP contribution < -0.4 is 5.32 Å². The summed E-state index contributed by atoms with van der Waals surface area (Å²) < 4.78 is 26.8. The van der Waals surface area contributed by atoms with Gasteiger partial charge in [-0.2, -0.15) is 0 Å². The Balaban J connectivity index is 1.67. The van der Waals surface area contributed by atoms with Crippen molar-refractivity contribution < 1.29 is 8.42 Å². The monoisotopic (exact) mass is 287 g/mol. The van der Waals surface area contributed by atoms with Gasteiger partial charge in [-0.15, -0.1) is 0 Å². The first-order valence-corrected chi connectivity index (χ1v) is 9.10. The second-order valence-electron chi connectivity index (χ2n) is 6.27. The molecule has 3 fully saturated rings. The van der Waals surface area contributed by atoms with Crippen molar-refractivity contribution in [2.75, 3.05) is 32.4 Å². The molecule has 0 aromatic carbocycles. The molecular weight excluding hydrogens is 262 g/mol. The zero-order valence-electron chi connectivity index (χ0n) is 11.7. The quantitative estimate of drug-likeness (QED) is 0.808. The van der Waals surface area contributed by atoms with Crippen molar-refractivity contribution in [3.63, 3.8) is 0 Å². The van der Waals surface area contributed by atoms with Crippen LogP contribution in [0.3, 0.4) is 0 Å². The van der Waals surface area contributed by atoms with Gasteiger partial charge in [0.05, 0.1) is 5.75 Å². The van der Waals surface area contributed by atoms with Gasteiger partial charge >= 0.3 is 0 Å². The zero-order valence-corrected chi connectivity index (χ0v) is 12.5. The van der Waals surface area contributed by atoms with Gasteiger partial charge in [0.1, 0.15) is 0 Å². The summed E-state index contributed by atoms with van der Waals surface area (Å²) in [5.41, 5.74) is 0. The third kappa shape index (κ3) is 2.82. The van der Waals surface area contributed by atoms with Crippen molar-refractivity contribution in [2.45, 2.75) is 50.2 Å². The molecule has 3 atom stereocenters. The number of nitrogens with one attached hydrogen (secondary N) is 1. The van der Waals surface area contributed by atoms with Crippen LogP contribution in [0, 0.1) is 0 Å². The van der Waals surface area contributed by atoms with Crippen LogP contribution in [0.15, 0.2) is 0 Å². The summed E-state index contributed by atoms with van der Waals surface area (Å²) in [4.78, 5) is 2.39. The summed E-state index contributed by atoms with van der Waals surface area (Å²) in [5.74, 6) is 0.286. The van der Waals surface area contributed by atoms with E-state index in [2.05, 4.69) is 17.3 Å². The van der Waals surface area contributed by atoms with E-state index in [0.717, 1.165) is 32.2 Å². The van der Waals surface area contributed by atoms with Crippen LogP contribution in [-0.4, -0.2) is 68.2 Å². The Morgan fingerprint density at radius 1 is 1.16 bits per heavy atom. The Hall–Kier alpha value is -0.170. The minimum atomic E-state index is -3.09. The van der Waals surface area contributed by atoms with E-state index in [1.165, 1.54) is 6.42 Å². The van der Waals surface area contributed by atoms with Crippen molar-refractivity contribution in [1.82, 2.24) is 14.5 Å². The molecular formula is C13H25N3O2S. The Labute approximate surface area is 116 Å². The molecule has 110 valence electrons. The standard InChI is InChI=1S/C13H25N3O2S/c1-15-12-4-5-13(15)9-16(8-6-12)19(17,18)10-11-3-2-7-14-11/h11-14H,2-10H2,1H3. The summed E-state index contributed by atoms with van der Waals surface area (Å²) in [6, 6.07) is 1.19. The maximum atomic E-state index is 12.5. The van der Waals surface area contributed by atoms with Crippen molar-refractivity contribution >= 4 is 10.0 Å². The van der Waals surface area contributed by atoms with Gasteiger partial charge in [-0.3, -0.25) is 4.90 Å². The molecule has 0 aromatic rings. The molecule has 3 unspecified atom stereocenters. The van der Waals surface area contributed by atoms with Gasteiger partial charge in [0.15, 0.2) is 0 Å². The van der Waals surface area contributed by atoms with Crippen LogP contribution in [0.25, 0.3) is 0 Å². The lowest BCUT2D eigenvalue weighted by Gasteiger charge is -2.26. The fraction of sp³-hybridized carbons (Fsp3) is 1.00. The molecule has 0 amide bonds. The lowest BCUT2D eigenvalue weighted by atomic mass is 10.1. The van der Waals surface area contributed by atoms with Crippen LogP contribution in [0.2, 0.25) is 0 Å². The third-order valence-corrected chi connectivity index (χ3v) is 7.02. The minimum absolute atomic E-state index is 0.170. The number of fused-ring (bicyclic) bond motifs is 2. The van der Waals surface area contributed by atoms with Gasteiger partial charge < -0.3 is 5.32 Å². The highest BCUT2D eigenvalue weighted by Crippen LogP contribution is 2.29. The lowest BCUT2D eigenvalue weighted by molar-refractivity contribution is 0.246. The van der Waals surface area contributed by atoms with E-state index in [4.69, 9.17) is 0 Å². The van der Waals surface area contributed by atoms with E-state index in [1.54, 1.807) is 4.31 Å². The molecule has 0 radical (unpaired) electrons. The molecule has 3 aliphatic heterocycles. The number of sulfonamides is 1. The van der Waals surface area contributed by atoms with Crippen molar-refractivity contribution in [1.29, 1.82) is 0 Å². The molecule has 5 nitrogen and oxygen atoms in total. The Kier molecular flexibility index (Phi) is 3.86. The second kappa shape index (κ2) is 5.31. The highest BCUT2D eigenvalue weighted by molar-refractivity contribution is 7.89. The van der Waals surface area contributed by atoms with Crippen LogP contribution >= 0.6 is 0 Å². The molecule has 1 N–H and O–H groups in total. The first-order valence-electron chi connectivity index (χ1n) is 7.49. The van der Waals surface area contributed by atoms with E-state index in [-0.39, 0.29) is 11.8 Å². The molecule has 0 saturated carbocycles. The third-order valence-electron chi connectivity index (χ3n) is 5.08. The van der Waals surface area contributed by atoms with Gasteiger partial charge in [-0.05, 0) is 45.7 Å². The molecule has 3 saturated heterocycles. The van der Waals surface area contributed by atoms with Gasteiger partial charge in [0.2, 0.25) is 10.0 Å². The first kappa shape index (κ1) is 13.8. The molecule has 3 rings (SSSR count). The molecule has 3 aliphatic rings. The average Bonchev–Trinajstić information content (AvgIpc) is 2.88. The number of hydrogen-bond donors (Lipinski definition) is 1. The largest absolute Gasteiger partial charge is 0.313 e. The van der Waals surface area contributed by atoms with Gasteiger partial charge in [-0.25, -0.2) is 12.7 Å². The minimum Gasteiger partial charge on any atom is -0.313 e. The van der Waals surface area contributed by atoms with E-state index in [9.17, 15) is 8.42 Å². The number of hydrogen-bond acceptors (Lipinski definition) is 4. The Bertz CT molecular complexity index is 420. The fourth-order valence-corrected chi connectivity index (χ4v) is 5.58. The Morgan fingerprint density at radius 3 is 2.68 bits per heavy atom. The maximum Gasteiger partial charge on any atom is 0.215 e. The van der Waals surface area contributed by atoms with Crippen LogP contribution in [0.4, 0.5) is 0 Å².